The van der Waals surface area contributed by atoms with Gasteiger partial charge in [0.15, 0.2) is 17.0 Å². The minimum Gasteiger partial charge on any atom is -0.395 e. The highest BCUT2D eigenvalue weighted by molar-refractivity contribution is 6.30. The van der Waals surface area contributed by atoms with Gasteiger partial charge in [0.1, 0.15) is 0 Å². The SMILES string of the molecule is OCCn1cnc2c(Nc3ccc(Cl)cc3)nc(Cl)nc21. The van der Waals surface area contributed by atoms with Crippen LogP contribution in [0.15, 0.2) is 30.6 Å². The van der Waals surface area contributed by atoms with Gasteiger partial charge in [0.2, 0.25) is 5.28 Å². The number of benzene rings is 1. The summed E-state index contributed by atoms with van der Waals surface area (Å²) in [5.74, 6) is 0.504. The van der Waals surface area contributed by atoms with Crippen LogP contribution in [0.4, 0.5) is 11.5 Å². The molecule has 2 N–H and O–H groups in total. The van der Waals surface area contributed by atoms with E-state index >= 15 is 0 Å². The Morgan fingerprint density at radius 1 is 1.14 bits per heavy atom. The lowest BCUT2D eigenvalue weighted by Crippen LogP contribution is -2.03. The second-order valence-electron chi connectivity index (χ2n) is 4.31. The molecule has 2 aromatic heterocycles. The van der Waals surface area contributed by atoms with Crippen LogP contribution >= 0.6 is 23.2 Å². The zero-order chi connectivity index (χ0) is 14.8. The summed E-state index contributed by atoms with van der Waals surface area (Å²) in [7, 11) is 0. The van der Waals surface area contributed by atoms with Crippen LogP contribution < -0.4 is 5.32 Å². The van der Waals surface area contributed by atoms with Crippen molar-refractivity contribution in [3.8, 4) is 0 Å². The van der Waals surface area contributed by atoms with Crippen LogP contribution in [0, 0.1) is 0 Å². The lowest BCUT2D eigenvalue weighted by molar-refractivity contribution is 0.277. The smallest absolute Gasteiger partial charge is 0.226 e. The molecule has 0 aliphatic rings. The van der Waals surface area contributed by atoms with Crippen LogP contribution in [-0.2, 0) is 6.54 Å². The fourth-order valence-corrected chi connectivity index (χ4v) is 2.24. The molecule has 0 fully saturated rings. The van der Waals surface area contributed by atoms with Gasteiger partial charge in [-0.15, -0.1) is 0 Å². The van der Waals surface area contributed by atoms with Crippen LogP contribution in [-0.4, -0.2) is 31.2 Å². The molecule has 3 aromatic rings. The molecule has 108 valence electrons. The Hall–Kier alpha value is -1.89. The summed E-state index contributed by atoms with van der Waals surface area (Å²) in [5.41, 5.74) is 1.97. The van der Waals surface area contributed by atoms with Crippen molar-refractivity contribution in [3.63, 3.8) is 0 Å². The first kappa shape index (κ1) is 14.1. The molecule has 1 aromatic carbocycles. The highest BCUT2D eigenvalue weighted by Crippen LogP contribution is 2.24. The number of nitrogens with zero attached hydrogens (tertiary/aromatic N) is 4. The Balaban J connectivity index is 2.03. The van der Waals surface area contributed by atoms with Gasteiger partial charge in [0.05, 0.1) is 12.9 Å². The minimum absolute atomic E-state index is 0.00692. The monoisotopic (exact) mass is 323 g/mol. The first-order chi connectivity index (χ1) is 10.2. The van der Waals surface area contributed by atoms with Gasteiger partial charge in [-0.1, -0.05) is 11.6 Å². The third-order valence-electron chi connectivity index (χ3n) is 2.88. The molecule has 0 unspecified atom stereocenters. The largest absolute Gasteiger partial charge is 0.395 e. The molecule has 0 saturated heterocycles. The van der Waals surface area contributed by atoms with Crippen LogP contribution in [0.5, 0.6) is 0 Å². The fraction of sp³-hybridized carbons (Fsp3) is 0.154. The molecule has 21 heavy (non-hydrogen) atoms. The molecule has 0 saturated carbocycles. The van der Waals surface area contributed by atoms with E-state index in [1.807, 2.05) is 12.1 Å². The first-order valence-corrected chi connectivity index (χ1v) is 6.95. The number of anilines is 2. The lowest BCUT2D eigenvalue weighted by atomic mass is 10.3. The van der Waals surface area contributed by atoms with Crippen molar-refractivity contribution >= 4 is 45.9 Å². The number of nitrogens with one attached hydrogen (secondary N) is 1. The van der Waals surface area contributed by atoms with Gasteiger partial charge < -0.3 is 15.0 Å². The Morgan fingerprint density at radius 2 is 1.90 bits per heavy atom. The maximum absolute atomic E-state index is 9.04. The van der Waals surface area contributed by atoms with E-state index in [1.165, 1.54) is 0 Å². The number of hydrogen-bond acceptors (Lipinski definition) is 5. The average molecular weight is 324 g/mol. The normalized spacial score (nSPS) is 11.0. The molecule has 0 atom stereocenters. The summed E-state index contributed by atoms with van der Waals surface area (Å²) in [6, 6.07) is 7.20. The van der Waals surface area contributed by atoms with Crippen molar-refractivity contribution in [1.29, 1.82) is 0 Å². The van der Waals surface area contributed by atoms with Crippen LogP contribution in [0.25, 0.3) is 11.2 Å². The molecular formula is C13H11Cl2N5O. The molecule has 8 heteroatoms. The average Bonchev–Trinajstić information content (AvgIpc) is 2.85. The van der Waals surface area contributed by atoms with E-state index in [1.54, 1.807) is 23.0 Å². The lowest BCUT2D eigenvalue weighted by Gasteiger charge is -2.07. The van der Waals surface area contributed by atoms with Crippen molar-refractivity contribution < 1.29 is 5.11 Å². The second-order valence-corrected chi connectivity index (χ2v) is 5.08. The molecule has 3 rings (SSSR count). The summed E-state index contributed by atoms with van der Waals surface area (Å²) in [6.45, 7) is 0.386. The van der Waals surface area contributed by atoms with Gasteiger partial charge in [-0.05, 0) is 35.9 Å². The predicted octanol–water partition coefficient (Wildman–Crippen LogP) is 2.87. The van der Waals surface area contributed by atoms with Crippen LogP contribution in [0.3, 0.4) is 0 Å². The Morgan fingerprint density at radius 3 is 2.62 bits per heavy atom. The Bertz CT molecular complexity index is 772. The summed E-state index contributed by atoms with van der Waals surface area (Å²) < 4.78 is 1.72. The third kappa shape index (κ3) is 2.92. The van der Waals surface area contributed by atoms with E-state index in [4.69, 9.17) is 28.3 Å². The zero-order valence-corrected chi connectivity index (χ0v) is 12.3. The first-order valence-electron chi connectivity index (χ1n) is 6.19. The Labute approximate surface area is 130 Å². The van der Waals surface area contributed by atoms with Gasteiger partial charge in [-0.2, -0.15) is 9.97 Å². The fourth-order valence-electron chi connectivity index (χ4n) is 1.95. The van der Waals surface area contributed by atoms with E-state index in [-0.39, 0.29) is 11.9 Å². The highest BCUT2D eigenvalue weighted by Gasteiger charge is 2.12. The summed E-state index contributed by atoms with van der Waals surface area (Å²) in [5, 5.41) is 12.9. The number of imidazole rings is 1. The molecule has 0 spiro atoms. The van der Waals surface area contributed by atoms with Crippen molar-refractivity contribution in [2.24, 2.45) is 0 Å². The van der Waals surface area contributed by atoms with Gasteiger partial charge in [0, 0.05) is 17.3 Å². The molecule has 0 aliphatic heterocycles. The molecule has 6 nitrogen and oxygen atoms in total. The van der Waals surface area contributed by atoms with Crippen LogP contribution in [0.1, 0.15) is 0 Å². The second kappa shape index (κ2) is 5.85. The third-order valence-corrected chi connectivity index (χ3v) is 3.31. The van der Waals surface area contributed by atoms with E-state index in [9.17, 15) is 0 Å². The van der Waals surface area contributed by atoms with E-state index in [0.29, 0.717) is 28.5 Å². The standard InChI is InChI=1S/C13H11Cl2N5O/c14-8-1-3-9(4-2-8)17-11-10-12(19-13(15)18-11)20(5-6-21)7-16-10/h1-4,7,21H,5-6H2,(H,17,18,19). The molecule has 0 aliphatic carbocycles. The summed E-state index contributed by atoms with van der Waals surface area (Å²) in [4.78, 5) is 12.6. The maximum Gasteiger partial charge on any atom is 0.226 e. The molecule has 0 bridgehead atoms. The summed E-state index contributed by atoms with van der Waals surface area (Å²) in [6.07, 6.45) is 1.60. The Kier molecular flexibility index (Phi) is 3.92. The zero-order valence-electron chi connectivity index (χ0n) is 10.8. The maximum atomic E-state index is 9.04. The molecule has 0 radical (unpaired) electrons. The minimum atomic E-state index is -0.00692. The van der Waals surface area contributed by atoms with Gasteiger partial charge in [-0.25, -0.2) is 4.98 Å². The van der Waals surface area contributed by atoms with E-state index < -0.39 is 0 Å². The molecular weight excluding hydrogens is 313 g/mol. The topological polar surface area (TPSA) is 75.9 Å². The highest BCUT2D eigenvalue weighted by atomic mass is 35.5. The van der Waals surface area contributed by atoms with Crippen molar-refractivity contribution in [3.05, 3.63) is 40.9 Å². The summed E-state index contributed by atoms with van der Waals surface area (Å²) >= 11 is 11.8. The van der Waals surface area contributed by atoms with Crippen molar-refractivity contribution in [2.45, 2.75) is 6.54 Å². The number of aromatic nitrogens is 4. The molecule has 0 amide bonds. The number of aliphatic hydroxyl groups excluding tert-OH is 1. The quantitative estimate of drug-likeness (QED) is 0.722. The number of fused-ring (bicyclic) bond motifs is 1. The van der Waals surface area contributed by atoms with E-state index in [2.05, 4.69) is 20.3 Å². The molecule has 2 heterocycles. The van der Waals surface area contributed by atoms with Crippen molar-refractivity contribution in [1.82, 2.24) is 19.5 Å². The van der Waals surface area contributed by atoms with Gasteiger partial charge >= 0.3 is 0 Å². The number of aliphatic hydroxyl groups is 1. The number of halogens is 2. The van der Waals surface area contributed by atoms with E-state index in [0.717, 1.165) is 5.69 Å². The van der Waals surface area contributed by atoms with Gasteiger partial charge in [0.25, 0.3) is 0 Å². The van der Waals surface area contributed by atoms with Crippen LogP contribution in [0.2, 0.25) is 10.3 Å². The predicted molar refractivity (Wildman–Crippen MR) is 82.2 cm³/mol. The van der Waals surface area contributed by atoms with Gasteiger partial charge in [-0.3, -0.25) is 0 Å². The number of rotatable bonds is 4. The number of hydrogen-bond donors (Lipinski definition) is 2. The van der Waals surface area contributed by atoms with Crippen molar-refractivity contribution in [2.75, 3.05) is 11.9 Å².